The molecule has 1 saturated heterocycles. The normalized spacial score (nSPS) is 41.8. The summed E-state index contributed by atoms with van der Waals surface area (Å²) in [5.41, 5.74) is -0.577. The Morgan fingerprint density at radius 3 is 3.17 bits per heavy atom. The number of aliphatic hydroxyl groups is 1. The monoisotopic (exact) mass is 169 g/mol. The van der Waals surface area contributed by atoms with Crippen molar-refractivity contribution >= 4 is 5.91 Å². The zero-order valence-corrected chi connectivity index (χ0v) is 7.18. The third-order valence-electron chi connectivity index (χ3n) is 3.20. The summed E-state index contributed by atoms with van der Waals surface area (Å²) in [7, 11) is 0. The van der Waals surface area contributed by atoms with Crippen LogP contribution in [0.25, 0.3) is 0 Å². The molecule has 1 heterocycles. The summed E-state index contributed by atoms with van der Waals surface area (Å²) >= 11 is 0. The van der Waals surface area contributed by atoms with Crippen LogP contribution in [0.15, 0.2) is 0 Å². The number of β-amino-alcohol motifs (C(OH)–C–C–N with tert-alkyl or cyclic N) is 1. The van der Waals surface area contributed by atoms with Gasteiger partial charge < -0.3 is 10.4 Å². The maximum atomic E-state index is 11.0. The number of amides is 1. The van der Waals surface area contributed by atoms with Gasteiger partial charge in [0.25, 0.3) is 0 Å². The van der Waals surface area contributed by atoms with E-state index in [-0.39, 0.29) is 11.8 Å². The molecule has 2 fully saturated rings. The van der Waals surface area contributed by atoms with Crippen LogP contribution in [-0.2, 0) is 4.79 Å². The zero-order valence-electron chi connectivity index (χ0n) is 7.18. The molecule has 2 atom stereocenters. The number of rotatable bonds is 0. The molecule has 3 heteroatoms. The quantitative estimate of drug-likeness (QED) is 0.552. The number of carbonyl (C=O) groups excluding carboxylic acids is 1. The minimum absolute atomic E-state index is 0.103. The van der Waals surface area contributed by atoms with Crippen molar-refractivity contribution in [3.63, 3.8) is 0 Å². The maximum absolute atomic E-state index is 11.0. The molecule has 0 aromatic heterocycles. The molecule has 1 amide bonds. The van der Waals surface area contributed by atoms with Crippen molar-refractivity contribution in [2.24, 2.45) is 5.92 Å². The van der Waals surface area contributed by atoms with Crippen LogP contribution in [0.1, 0.15) is 32.1 Å². The van der Waals surface area contributed by atoms with E-state index in [2.05, 4.69) is 5.32 Å². The Labute approximate surface area is 72.2 Å². The second kappa shape index (κ2) is 2.73. The van der Waals surface area contributed by atoms with Crippen molar-refractivity contribution in [3.8, 4) is 0 Å². The van der Waals surface area contributed by atoms with Crippen molar-refractivity contribution in [3.05, 3.63) is 0 Å². The van der Waals surface area contributed by atoms with Gasteiger partial charge in [-0.3, -0.25) is 4.79 Å². The molecule has 0 bridgehead atoms. The average Bonchev–Trinajstić information content (AvgIpc) is 2.06. The van der Waals surface area contributed by atoms with Crippen molar-refractivity contribution in [1.82, 2.24) is 5.32 Å². The fourth-order valence-electron chi connectivity index (χ4n) is 2.37. The van der Waals surface area contributed by atoms with Crippen molar-refractivity contribution < 1.29 is 9.90 Å². The third-order valence-corrected chi connectivity index (χ3v) is 3.20. The predicted molar refractivity (Wildman–Crippen MR) is 44.5 cm³/mol. The lowest BCUT2D eigenvalue weighted by atomic mass is 9.72. The molecule has 0 aromatic rings. The number of carbonyl (C=O) groups is 1. The highest BCUT2D eigenvalue weighted by Crippen LogP contribution is 2.37. The second-order valence-corrected chi connectivity index (χ2v) is 4.03. The number of piperidine rings is 1. The predicted octanol–water partition coefficient (Wildman–Crippen LogP) is 0.428. The molecule has 2 N–H and O–H groups in total. The lowest BCUT2D eigenvalue weighted by molar-refractivity contribution is -0.135. The van der Waals surface area contributed by atoms with E-state index in [1.807, 2.05) is 0 Å². The molecular formula is C9H15NO2. The minimum atomic E-state index is -0.577. The third kappa shape index (κ3) is 1.22. The van der Waals surface area contributed by atoms with Gasteiger partial charge in [-0.25, -0.2) is 0 Å². The summed E-state index contributed by atoms with van der Waals surface area (Å²) in [6.45, 7) is 0.469. The maximum Gasteiger partial charge on any atom is 0.220 e. The van der Waals surface area contributed by atoms with Crippen LogP contribution >= 0.6 is 0 Å². The second-order valence-electron chi connectivity index (χ2n) is 4.03. The largest absolute Gasteiger partial charge is 0.388 e. The van der Waals surface area contributed by atoms with Gasteiger partial charge in [-0.15, -0.1) is 0 Å². The molecule has 1 aliphatic carbocycles. The standard InChI is InChI=1S/C9H15NO2/c11-8-5-7-3-1-2-4-9(7,12)6-10-8/h7,12H,1-6H2,(H,10,11)/t7-,9+/m1/s1. The molecule has 2 rings (SSSR count). The van der Waals surface area contributed by atoms with Gasteiger partial charge in [0.1, 0.15) is 0 Å². The van der Waals surface area contributed by atoms with Crippen LogP contribution in [0.4, 0.5) is 0 Å². The molecule has 2 aliphatic rings. The van der Waals surface area contributed by atoms with E-state index >= 15 is 0 Å². The molecule has 0 radical (unpaired) electrons. The molecule has 1 saturated carbocycles. The van der Waals surface area contributed by atoms with Crippen molar-refractivity contribution in [2.45, 2.75) is 37.7 Å². The summed E-state index contributed by atoms with van der Waals surface area (Å²) in [4.78, 5) is 11.0. The Hall–Kier alpha value is -0.570. The number of hydrogen-bond donors (Lipinski definition) is 2. The summed E-state index contributed by atoms with van der Waals surface area (Å²) < 4.78 is 0. The molecule has 1 aliphatic heterocycles. The Morgan fingerprint density at radius 1 is 1.50 bits per heavy atom. The summed E-state index contributed by atoms with van der Waals surface area (Å²) in [6.07, 6.45) is 4.67. The first-order valence-corrected chi connectivity index (χ1v) is 4.70. The first-order valence-electron chi connectivity index (χ1n) is 4.70. The Morgan fingerprint density at radius 2 is 2.33 bits per heavy atom. The van der Waals surface area contributed by atoms with E-state index in [0.717, 1.165) is 19.3 Å². The lowest BCUT2D eigenvalue weighted by Crippen LogP contribution is -2.55. The number of fused-ring (bicyclic) bond motifs is 1. The summed E-state index contributed by atoms with van der Waals surface area (Å²) in [5.74, 6) is 0.326. The minimum Gasteiger partial charge on any atom is -0.388 e. The fourth-order valence-corrected chi connectivity index (χ4v) is 2.37. The Kier molecular flexibility index (Phi) is 1.83. The molecule has 0 aromatic carbocycles. The molecule has 3 nitrogen and oxygen atoms in total. The SMILES string of the molecule is O=C1C[C@H]2CCCC[C@]2(O)CN1. The van der Waals surface area contributed by atoms with Crippen molar-refractivity contribution in [2.75, 3.05) is 6.54 Å². The fraction of sp³-hybridized carbons (Fsp3) is 0.889. The van der Waals surface area contributed by atoms with Gasteiger partial charge in [0.05, 0.1) is 5.60 Å². The van der Waals surface area contributed by atoms with Gasteiger partial charge in [-0.05, 0) is 18.8 Å². The van der Waals surface area contributed by atoms with Gasteiger partial charge in [-0.2, -0.15) is 0 Å². The molecule has 0 spiro atoms. The van der Waals surface area contributed by atoms with E-state index < -0.39 is 5.60 Å². The van der Waals surface area contributed by atoms with Gasteiger partial charge >= 0.3 is 0 Å². The summed E-state index contributed by atoms with van der Waals surface area (Å²) in [6, 6.07) is 0. The first kappa shape index (κ1) is 8.05. The highest BCUT2D eigenvalue weighted by molar-refractivity contribution is 5.77. The molecule has 0 unspecified atom stereocenters. The van der Waals surface area contributed by atoms with Crippen LogP contribution in [0.2, 0.25) is 0 Å². The van der Waals surface area contributed by atoms with E-state index in [0.29, 0.717) is 13.0 Å². The van der Waals surface area contributed by atoms with E-state index in [1.165, 1.54) is 6.42 Å². The molecular weight excluding hydrogens is 154 g/mol. The first-order chi connectivity index (χ1) is 5.71. The highest BCUT2D eigenvalue weighted by Gasteiger charge is 2.42. The number of nitrogens with one attached hydrogen (secondary N) is 1. The number of hydrogen-bond acceptors (Lipinski definition) is 2. The van der Waals surface area contributed by atoms with E-state index in [9.17, 15) is 9.90 Å². The molecule has 12 heavy (non-hydrogen) atoms. The summed E-state index contributed by atoms with van der Waals surface area (Å²) in [5, 5.41) is 12.8. The Balaban J connectivity index is 2.11. The van der Waals surface area contributed by atoms with Gasteiger partial charge in [0.15, 0.2) is 0 Å². The van der Waals surface area contributed by atoms with E-state index in [4.69, 9.17) is 0 Å². The van der Waals surface area contributed by atoms with Crippen molar-refractivity contribution in [1.29, 1.82) is 0 Å². The van der Waals surface area contributed by atoms with Crippen LogP contribution in [0.5, 0.6) is 0 Å². The average molecular weight is 169 g/mol. The van der Waals surface area contributed by atoms with Crippen LogP contribution in [-0.4, -0.2) is 23.2 Å². The van der Waals surface area contributed by atoms with Crippen LogP contribution < -0.4 is 5.32 Å². The highest BCUT2D eigenvalue weighted by atomic mass is 16.3. The van der Waals surface area contributed by atoms with E-state index in [1.54, 1.807) is 0 Å². The van der Waals surface area contributed by atoms with Crippen LogP contribution in [0, 0.1) is 5.92 Å². The topological polar surface area (TPSA) is 49.3 Å². The molecule has 68 valence electrons. The van der Waals surface area contributed by atoms with Crippen LogP contribution in [0.3, 0.4) is 0 Å². The zero-order chi connectivity index (χ0) is 8.60. The smallest absolute Gasteiger partial charge is 0.220 e. The van der Waals surface area contributed by atoms with Gasteiger partial charge in [-0.1, -0.05) is 12.8 Å². The van der Waals surface area contributed by atoms with Gasteiger partial charge in [0, 0.05) is 13.0 Å². The Bertz CT molecular complexity index is 205. The van der Waals surface area contributed by atoms with Gasteiger partial charge in [0.2, 0.25) is 5.91 Å². The lowest BCUT2D eigenvalue weighted by Gasteiger charge is -2.43.